The maximum atomic E-state index is 12.8. The number of aliphatic hydroxyl groups excluding tert-OH is 1. The van der Waals surface area contributed by atoms with E-state index < -0.39 is 18.3 Å². The van der Waals surface area contributed by atoms with Gasteiger partial charge >= 0.3 is 6.18 Å². The molecule has 1 aromatic heterocycles. The van der Waals surface area contributed by atoms with Crippen molar-refractivity contribution in [3.05, 3.63) is 65.0 Å². The summed E-state index contributed by atoms with van der Waals surface area (Å²) in [5.41, 5.74) is 0.385. The van der Waals surface area contributed by atoms with Gasteiger partial charge in [0.1, 0.15) is 0 Å². The topological polar surface area (TPSA) is 33.1 Å². The zero-order chi connectivity index (χ0) is 14.6. The molecule has 0 saturated heterocycles. The predicted molar refractivity (Wildman–Crippen MR) is 69.0 cm³/mol. The molecule has 0 aliphatic rings. The molecule has 0 aliphatic carbocycles. The van der Waals surface area contributed by atoms with Crippen LogP contribution in [0.25, 0.3) is 0 Å². The van der Waals surface area contributed by atoms with Gasteiger partial charge in [0, 0.05) is 17.5 Å². The molecule has 0 radical (unpaired) electrons. The number of hydrogen-bond donors (Lipinski definition) is 1. The van der Waals surface area contributed by atoms with E-state index in [0.29, 0.717) is 18.5 Å². The highest BCUT2D eigenvalue weighted by Crippen LogP contribution is 2.33. The van der Waals surface area contributed by atoms with Crippen molar-refractivity contribution < 1.29 is 18.3 Å². The third kappa shape index (κ3) is 3.36. The summed E-state index contributed by atoms with van der Waals surface area (Å²) in [6, 6.07) is 10.4. The lowest BCUT2D eigenvalue weighted by Crippen LogP contribution is -2.13. The maximum Gasteiger partial charge on any atom is 0.416 e. The number of aliphatic hydroxyl groups is 1. The van der Waals surface area contributed by atoms with E-state index in [0.717, 1.165) is 17.8 Å². The lowest BCUT2D eigenvalue weighted by Gasteiger charge is -2.14. The monoisotopic (exact) mass is 281 g/mol. The Labute approximate surface area is 114 Å². The van der Waals surface area contributed by atoms with Gasteiger partial charge in [0.15, 0.2) is 0 Å². The highest BCUT2D eigenvalue weighted by atomic mass is 19.4. The number of rotatable bonds is 4. The first-order valence-electron chi connectivity index (χ1n) is 6.21. The molecular weight excluding hydrogens is 267 g/mol. The molecular formula is C15H14F3NO. The zero-order valence-electron chi connectivity index (χ0n) is 10.7. The van der Waals surface area contributed by atoms with Crippen LogP contribution in [-0.2, 0) is 25.6 Å². The molecule has 1 aromatic carbocycles. The fourth-order valence-electron chi connectivity index (χ4n) is 2.10. The fourth-order valence-corrected chi connectivity index (χ4v) is 2.10. The van der Waals surface area contributed by atoms with Crippen LogP contribution in [0.3, 0.4) is 0 Å². The number of alkyl halides is 3. The molecule has 0 atom stereocenters. The van der Waals surface area contributed by atoms with Crippen molar-refractivity contribution in [3.63, 3.8) is 0 Å². The molecule has 5 heteroatoms. The first-order chi connectivity index (χ1) is 9.52. The maximum absolute atomic E-state index is 12.8. The molecule has 0 bridgehead atoms. The minimum atomic E-state index is -4.47. The quantitative estimate of drug-likeness (QED) is 0.932. The van der Waals surface area contributed by atoms with Crippen LogP contribution >= 0.6 is 0 Å². The number of hydrogen-bond acceptors (Lipinski definition) is 2. The molecule has 0 amide bonds. The average Bonchev–Trinajstić information content (AvgIpc) is 2.44. The number of aromatic nitrogens is 1. The minimum Gasteiger partial charge on any atom is -0.392 e. The van der Waals surface area contributed by atoms with E-state index in [1.807, 2.05) is 30.3 Å². The van der Waals surface area contributed by atoms with E-state index in [1.54, 1.807) is 0 Å². The number of pyridine rings is 1. The Morgan fingerprint density at radius 1 is 1.00 bits per heavy atom. The molecule has 1 heterocycles. The van der Waals surface area contributed by atoms with Gasteiger partial charge in [-0.05, 0) is 24.5 Å². The van der Waals surface area contributed by atoms with Crippen LogP contribution in [0.2, 0.25) is 0 Å². The summed E-state index contributed by atoms with van der Waals surface area (Å²) in [5.74, 6) is 0. The van der Waals surface area contributed by atoms with Gasteiger partial charge in [0.25, 0.3) is 0 Å². The van der Waals surface area contributed by atoms with Crippen molar-refractivity contribution in [1.82, 2.24) is 4.98 Å². The third-order valence-electron chi connectivity index (χ3n) is 3.10. The Morgan fingerprint density at radius 2 is 1.70 bits per heavy atom. The van der Waals surface area contributed by atoms with Crippen LogP contribution in [-0.4, -0.2) is 10.1 Å². The summed E-state index contributed by atoms with van der Waals surface area (Å²) < 4.78 is 38.5. The molecule has 0 fully saturated rings. The van der Waals surface area contributed by atoms with Crippen LogP contribution in [0, 0.1) is 0 Å². The van der Waals surface area contributed by atoms with Gasteiger partial charge in [-0.3, -0.25) is 4.98 Å². The van der Waals surface area contributed by atoms with Crippen LogP contribution in [0.1, 0.15) is 22.4 Å². The minimum absolute atomic E-state index is 0.129. The van der Waals surface area contributed by atoms with Crippen molar-refractivity contribution in [2.45, 2.75) is 25.6 Å². The van der Waals surface area contributed by atoms with Gasteiger partial charge in [0.05, 0.1) is 12.2 Å². The Morgan fingerprint density at radius 3 is 2.30 bits per heavy atom. The third-order valence-corrected chi connectivity index (χ3v) is 3.10. The number of nitrogens with zero attached hydrogens (tertiary/aromatic N) is 1. The first-order valence-corrected chi connectivity index (χ1v) is 6.21. The Bertz CT molecular complexity index is 567. The molecule has 106 valence electrons. The molecule has 0 unspecified atom stereocenters. The Balaban J connectivity index is 2.24. The largest absolute Gasteiger partial charge is 0.416 e. The average molecular weight is 281 g/mol. The highest BCUT2D eigenvalue weighted by Gasteiger charge is 2.34. The molecule has 0 saturated carbocycles. The van der Waals surface area contributed by atoms with E-state index in [4.69, 9.17) is 0 Å². The molecule has 0 aliphatic heterocycles. The van der Waals surface area contributed by atoms with E-state index in [1.165, 1.54) is 0 Å². The van der Waals surface area contributed by atoms with Crippen molar-refractivity contribution in [2.24, 2.45) is 0 Å². The van der Waals surface area contributed by atoms with Gasteiger partial charge in [-0.15, -0.1) is 0 Å². The molecule has 20 heavy (non-hydrogen) atoms. The van der Waals surface area contributed by atoms with Crippen molar-refractivity contribution >= 4 is 0 Å². The number of benzene rings is 1. The summed E-state index contributed by atoms with van der Waals surface area (Å²) in [7, 11) is 0. The Kier molecular flexibility index (Phi) is 4.39. The smallest absolute Gasteiger partial charge is 0.392 e. The van der Waals surface area contributed by atoms with E-state index in [-0.39, 0.29) is 5.56 Å². The van der Waals surface area contributed by atoms with Crippen LogP contribution in [0.5, 0.6) is 0 Å². The van der Waals surface area contributed by atoms with Crippen LogP contribution < -0.4 is 0 Å². The van der Waals surface area contributed by atoms with E-state index in [9.17, 15) is 18.3 Å². The molecule has 2 aromatic rings. The van der Waals surface area contributed by atoms with Crippen LogP contribution in [0.15, 0.2) is 42.6 Å². The summed E-state index contributed by atoms with van der Waals surface area (Å²) >= 11 is 0. The second-order valence-corrected chi connectivity index (χ2v) is 4.43. The summed E-state index contributed by atoms with van der Waals surface area (Å²) in [6.07, 6.45) is -2.38. The van der Waals surface area contributed by atoms with Crippen LogP contribution in [0.4, 0.5) is 13.2 Å². The second-order valence-electron chi connectivity index (χ2n) is 4.43. The lowest BCUT2D eigenvalue weighted by atomic mass is 10.0. The van der Waals surface area contributed by atoms with E-state index in [2.05, 4.69) is 4.98 Å². The van der Waals surface area contributed by atoms with Gasteiger partial charge in [-0.1, -0.05) is 30.3 Å². The van der Waals surface area contributed by atoms with Gasteiger partial charge in [-0.25, -0.2) is 0 Å². The van der Waals surface area contributed by atoms with Crippen molar-refractivity contribution in [3.8, 4) is 0 Å². The first kappa shape index (κ1) is 14.5. The zero-order valence-corrected chi connectivity index (χ0v) is 10.7. The summed E-state index contributed by atoms with van der Waals surface area (Å²) in [5, 5.41) is 9.22. The summed E-state index contributed by atoms with van der Waals surface area (Å²) in [6.45, 7) is -0.660. The van der Waals surface area contributed by atoms with Crippen molar-refractivity contribution in [1.29, 1.82) is 0 Å². The Hall–Kier alpha value is -1.88. The van der Waals surface area contributed by atoms with Gasteiger partial charge in [0.2, 0.25) is 0 Å². The molecule has 2 rings (SSSR count). The predicted octanol–water partition coefficient (Wildman–Crippen LogP) is 3.38. The second kappa shape index (κ2) is 6.05. The molecule has 1 N–H and O–H groups in total. The normalized spacial score (nSPS) is 11.6. The molecule has 2 nitrogen and oxygen atoms in total. The summed E-state index contributed by atoms with van der Waals surface area (Å²) in [4.78, 5) is 3.98. The SMILES string of the molecule is OCc1c(C(F)(F)F)ccnc1CCc1ccccc1. The van der Waals surface area contributed by atoms with Gasteiger partial charge < -0.3 is 5.11 Å². The number of aryl methyl sites for hydroxylation is 2. The molecule has 0 spiro atoms. The van der Waals surface area contributed by atoms with Crippen molar-refractivity contribution in [2.75, 3.05) is 0 Å². The highest BCUT2D eigenvalue weighted by molar-refractivity contribution is 5.32. The fraction of sp³-hybridized carbons (Fsp3) is 0.267. The van der Waals surface area contributed by atoms with E-state index >= 15 is 0 Å². The van der Waals surface area contributed by atoms with Gasteiger partial charge in [-0.2, -0.15) is 13.2 Å². The standard InChI is InChI=1S/C15H14F3NO/c16-15(17,18)13-8-9-19-14(12(13)10-20)7-6-11-4-2-1-3-5-11/h1-5,8-9,20H,6-7,10H2. The lowest BCUT2D eigenvalue weighted by molar-refractivity contribution is -0.138. The number of halogens is 3.